The molecule has 4 N–H and O–H groups in total. The summed E-state index contributed by atoms with van der Waals surface area (Å²) in [6.45, 7) is 3.73. The number of nitrogens with two attached hydrogens (primary N) is 1. The average Bonchev–Trinajstić information content (AvgIpc) is 3.07. The SMILES string of the molecule is CC/C=C\C/C=C\C/C=C\CCCCCCCCCC(=O)OC(COCCCCCCCCCCCC)COP(=O)(O)OCC(N)C(=O)O. The van der Waals surface area contributed by atoms with Crippen LogP contribution in [0, 0.1) is 0 Å². The van der Waals surface area contributed by atoms with E-state index in [2.05, 4.69) is 54.8 Å². The summed E-state index contributed by atoms with van der Waals surface area (Å²) in [4.78, 5) is 33.4. The monoisotopic (exact) mass is 715 g/mol. The number of esters is 1. The van der Waals surface area contributed by atoms with Crippen LogP contribution in [0.5, 0.6) is 0 Å². The van der Waals surface area contributed by atoms with Gasteiger partial charge in [0.25, 0.3) is 0 Å². The van der Waals surface area contributed by atoms with E-state index in [0.717, 1.165) is 64.2 Å². The largest absolute Gasteiger partial charge is 0.480 e. The zero-order valence-electron chi connectivity index (χ0n) is 30.8. The smallest absolute Gasteiger partial charge is 0.472 e. The van der Waals surface area contributed by atoms with Crippen molar-refractivity contribution in [2.75, 3.05) is 26.4 Å². The summed E-state index contributed by atoms with van der Waals surface area (Å²) < 4.78 is 33.2. The molecule has 0 radical (unpaired) electrons. The maximum atomic E-state index is 12.6. The van der Waals surface area contributed by atoms with E-state index in [0.29, 0.717) is 13.0 Å². The van der Waals surface area contributed by atoms with Gasteiger partial charge in [0, 0.05) is 13.0 Å². The molecule has 286 valence electrons. The predicted octanol–water partition coefficient (Wildman–Crippen LogP) is 9.75. The first-order chi connectivity index (χ1) is 23.7. The molecule has 0 saturated heterocycles. The van der Waals surface area contributed by atoms with Gasteiger partial charge >= 0.3 is 19.8 Å². The van der Waals surface area contributed by atoms with Crippen LogP contribution in [0.25, 0.3) is 0 Å². The second-order valence-electron chi connectivity index (χ2n) is 12.7. The fourth-order valence-corrected chi connectivity index (χ4v) is 5.75. The van der Waals surface area contributed by atoms with Crippen LogP contribution in [0.2, 0.25) is 0 Å². The molecule has 0 aromatic carbocycles. The Labute approximate surface area is 297 Å². The Hall–Kier alpha value is -1.81. The number of hydrogen-bond acceptors (Lipinski definition) is 8. The van der Waals surface area contributed by atoms with Crippen LogP contribution >= 0.6 is 7.82 Å². The van der Waals surface area contributed by atoms with Gasteiger partial charge in [-0.1, -0.05) is 140 Å². The predicted molar refractivity (Wildman–Crippen MR) is 198 cm³/mol. The van der Waals surface area contributed by atoms with Crippen molar-refractivity contribution in [2.24, 2.45) is 5.73 Å². The highest BCUT2D eigenvalue weighted by molar-refractivity contribution is 7.47. The number of hydrogen-bond donors (Lipinski definition) is 3. The van der Waals surface area contributed by atoms with Crippen molar-refractivity contribution in [3.05, 3.63) is 36.5 Å². The Morgan fingerprint density at radius 3 is 1.78 bits per heavy atom. The summed E-state index contributed by atoms with van der Waals surface area (Å²) in [6, 6.07) is -1.47. The molecule has 0 aliphatic carbocycles. The van der Waals surface area contributed by atoms with E-state index in [-0.39, 0.29) is 13.0 Å². The van der Waals surface area contributed by atoms with Gasteiger partial charge in [-0.05, 0) is 44.9 Å². The number of allylic oxidation sites excluding steroid dienone is 6. The lowest BCUT2D eigenvalue weighted by Gasteiger charge is -2.20. The van der Waals surface area contributed by atoms with Crippen LogP contribution in [0.3, 0.4) is 0 Å². The molecule has 0 saturated carbocycles. The molecule has 11 heteroatoms. The number of carboxylic acid groups (broad SMARTS) is 1. The summed E-state index contributed by atoms with van der Waals surface area (Å²) in [5.74, 6) is -1.79. The minimum absolute atomic E-state index is 0.0142. The Kier molecular flexibility index (Phi) is 33.4. The van der Waals surface area contributed by atoms with E-state index in [9.17, 15) is 19.0 Å². The summed E-state index contributed by atoms with van der Waals surface area (Å²) >= 11 is 0. The summed E-state index contributed by atoms with van der Waals surface area (Å²) in [6.07, 6.45) is 36.2. The van der Waals surface area contributed by atoms with Gasteiger partial charge in [-0.2, -0.15) is 0 Å². The summed E-state index contributed by atoms with van der Waals surface area (Å²) in [5.41, 5.74) is 5.33. The van der Waals surface area contributed by atoms with Crippen molar-refractivity contribution >= 4 is 19.8 Å². The molecule has 0 bridgehead atoms. The topological polar surface area (TPSA) is 155 Å². The highest BCUT2D eigenvalue weighted by atomic mass is 31.2. The van der Waals surface area contributed by atoms with Crippen LogP contribution in [-0.2, 0) is 32.7 Å². The summed E-state index contributed by atoms with van der Waals surface area (Å²) in [7, 11) is -4.61. The third-order valence-electron chi connectivity index (χ3n) is 7.93. The molecular formula is C38H70NO9P. The molecule has 3 atom stereocenters. The molecule has 0 fully saturated rings. The van der Waals surface area contributed by atoms with Gasteiger partial charge in [0.1, 0.15) is 12.1 Å². The van der Waals surface area contributed by atoms with E-state index >= 15 is 0 Å². The van der Waals surface area contributed by atoms with Crippen molar-refractivity contribution in [1.29, 1.82) is 0 Å². The van der Waals surface area contributed by atoms with Crippen LogP contribution < -0.4 is 5.73 Å². The molecule has 0 rings (SSSR count). The molecule has 0 aliphatic rings. The van der Waals surface area contributed by atoms with Crippen LogP contribution in [0.4, 0.5) is 0 Å². The Morgan fingerprint density at radius 1 is 0.673 bits per heavy atom. The maximum absolute atomic E-state index is 12.6. The number of phosphoric ester groups is 1. The van der Waals surface area contributed by atoms with Gasteiger partial charge in [-0.15, -0.1) is 0 Å². The van der Waals surface area contributed by atoms with E-state index in [4.69, 9.17) is 24.8 Å². The van der Waals surface area contributed by atoms with Crippen molar-refractivity contribution < 1.29 is 42.7 Å². The lowest BCUT2D eigenvalue weighted by Crippen LogP contribution is -2.34. The second kappa shape index (κ2) is 34.6. The lowest BCUT2D eigenvalue weighted by atomic mass is 10.1. The molecule has 49 heavy (non-hydrogen) atoms. The highest BCUT2D eigenvalue weighted by Crippen LogP contribution is 2.43. The molecule has 0 amide bonds. The van der Waals surface area contributed by atoms with Gasteiger partial charge in [0.15, 0.2) is 0 Å². The second-order valence-corrected chi connectivity index (χ2v) is 14.1. The van der Waals surface area contributed by atoms with E-state index in [1.54, 1.807) is 0 Å². The molecule has 0 aromatic heterocycles. The quantitative estimate of drug-likeness (QED) is 0.0247. The van der Waals surface area contributed by atoms with E-state index in [1.165, 1.54) is 64.2 Å². The van der Waals surface area contributed by atoms with E-state index < -0.39 is 45.1 Å². The third kappa shape index (κ3) is 34.4. The molecular weight excluding hydrogens is 645 g/mol. The minimum Gasteiger partial charge on any atom is -0.480 e. The zero-order chi connectivity index (χ0) is 36.3. The van der Waals surface area contributed by atoms with Gasteiger partial charge < -0.3 is 25.2 Å². The van der Waals surface area contributed by atoms with Crippen molar-refractivity contribution in [2.45, 2.75) is 167 Å². The number of rotatable bonds is 36. The average molecular weight is 716 g/mol. The first-order valence-corrected chi connectivity index (χ1v) is 20.5. The molecule has 0 heterocycles. The number of carbonyl (C=O) groups excluding carboxylic acids is 1. The Bertz CT molecular complexity index is 925. The molecule has 10 nitrogen and oxygen atoms in total. The lowest BCUT2D eigenvalue weighted by molar-refractivity contribution is -0.154. The number of phosphoric acid groups is 1. The van der Waals surface area contributed by atoms with Crippen LogP contribution in [0.1, 0.15) is 155 Å². The van der Waals surface area contributed by atoms with Crippen LogP contribution in [-0.4, -0.2) is 60.5 Å². The minimum atomic E-state index is -4.61. The van der Waals surface area contributed by atoms with Gasteiger partial charge in [0.2, 0.25) is 0 Å². The third-order valence-corrected chi connectivity index (χ3v) is 8.88. The maximum Gasteiger partial charge on any atom is 0.472 e. The Morgan fingerprint density at radius 2 is 1.18 bits per heavy atom. The summed E-state index contributed by atoms with van der Waals surface area (Å²) in [5, 5.41) is 8.86. The molecule has 0 aliphatic heterocycles. The van der Waals surface area contributed by atoms with Gasteiger partial charge in [-0.25, -0.2) is 4.57 Å². The number of carbonyl (C=O) groups is 2. The molecule has 0 spiro atoms. The van der Waals surface area contributed by atoms with Gasteiger partial charge in [0.05, 0.1) is 19.8 Å². The molecule has 0 aromatic rings. The number of ether oxygens (including phenoxy) is 2. The standard InChI is InChI=1S/C38H70NO9P/c1-3-5-7-9-11-13-15-16-17-18-19-20-21-22-24-26-28-30-37(40)48-35(33-46-49(43,44)47-34-36(39)38(41)42)32-45-31-29-27-25-23-14-12-10-8-6-4-2/h5,7,11,13,16-17,35-36H,3-4,6,8-10,12,14-15,18-34,39H2,1-2H3,(H,41,42)(H,43,44)/b7-5-,13-11-,17-16-. The number of aliphatic carboxylic acids is 1. The highest BCUT2D eigenvalue weighted by Gasteiger charge is 2.27. The van der Waals surface area contributed by atoms with Crippen molar-refractivity contribution in [3.63, 3.8) is 0 Å². The van der Waals surface area contributed by atoms with Crippen molar-refractivity contribution in [3.8, 4) is 0 Å². The number of unbranched alkanes of at least 4 members (excludes halogenated alkanes) is 16. The van der Waals surface area contributed by atoms with Crippen molar-refractivity contribution in [1.82, 2.24) is 0 Å². The first kappa shape index (κ1) is 47.2. The normalized spacial score (nSPS) is 14.5. The molecule has 3 unspecified atom stereocenters. The van der Waals surface area contributed by atoms with E-state index in [1.807, 2.05) is 0 Å². The number of carboxylic acids is 1. The zero-order valence-corrected chi connectivity index (χ0v) is 31.7. The van der Waals surface area contributed by atoms with Gasteiger partial charge in [-0.3, -0.25) is 18.6 Å². The fraction of sp³-hybridized carbons (Fsp3) is 0.789. The Balaban J connectivity index is 4.29. The first-order valence-electron chi connectivity index (χ1n) is 19.0. The van der Waals surface area contributed by atoms with Crippen LogP contribution in [0.15, 0.2) is 36.5 Å². The fourth-order valence-electron chi connectivity index (χ4n) is 4.97.